The van der Waals surface area contributed by atoms with E-state index in [1.807, 2.05) is 38.1 Å². The van der Waals surface area contributed by atoms with Crippen LogP contribution in [0.3, 0.4) is 0 Å². The van der Waals surface area contributed by atoms with E-state index in [-0.39, 0.29) is 12.3 Å². The largest absolute Gasteiger partial charge is 0.325 e. The van der Waals surface area contributed by atoms with Crippen LogP contribution in [-0.4, -0.2) is 16.1 Å². The fourth-order valence-electron chi connectivity index (χ4n) is 1.65. The molecule has 1 heterocycles. The minimum absolute atomic E-state index is 0.0777. The number of nitrogens with zero attached hydrogens (tertiary/aromatic N) is 1. The smallest absolute Gasteiger partial charge is 0.230 e. The van der Waals surface area contributed by atoms with Crippen LogP contribution in [0.5, 0.6) is 0 Å². The van der Waals surface area contributed by atoms with Crippen LogP contribution in [0.25, 0.3) is 0 Å². The number of halogens is 1. The number of aryl methyl sites for hydroxylation is 2. The number of hydrogen-bond acceptors (Lipinski definition) is 2. The van der Waals surface area contributed by atoms with Gasteiger partial charge >= 0.3 is 0 Å². The van der Waals surface area contributed by atoms with Crippen molar-refractivity contribution in [3.8, 4) is 0 Å². The molecule has 0 bridgehead atoms. The van der Waals surface area contributed by atoms with Gasteiger partial charge in [0.05, 0.1) is 17.8 Å². The minimum atomic E-state index is -0.0777. The predicted molar refractivity (Wildman–Crippen MR) is 74.5 cm³/mol. The van der Waals surface area contributed by atoms with Gasteiger partial charge in [0.1, 0.15) is 0 Å². The Kier molecular flexibility index (Phi) is 3.81. The average Bonchev–Trinajstić information content (AvgIpc) is 2.68. The molecular weight excluding hydrogens is 294 g/mol. The van der Waals surface area contributed by atoms with E-state index >= 15 is 0 Å². The summed E-state index contributed by atoms with van der Waals surface area (Å²) >= 11 is 3.43. The molecule has 0 aliphatic heterocycles. The van der Waals surface area contributed by atoms with E-state index in [4.69, 9.17) is 0 Å². The van der Waals surface area contributed by atoms with Crippen LogP contribution in [0.1, 0.15) is 17.0 Å². The summed E-state index contributed by atoms with van der Waals surface area (Å²) in [5, 5.41) is 9.71. The van der Waals surface area contributed by atoms with Gasteiger partial charge in [-0.25, -0.2) is 0 Å². The maximum atomic E-state index is 11.8. The summed E-state index contributed by atoms with van der Waals surface area (Å²) < 4.78 is 0.883. The highest BCUT2D eigenvalue weighted by Gasteiger charge is 2.08. The summed E-state index contributed by atoms with van der Waals surface area (Å²) in [5.41, 5.74) is 3.61. The van der Waals surface area contributed by atoms with Crippen molar-refractivity contribution >= 4 is 27.5 Å². The van der Waals surface area contributed by atoms with Crippen LogP contribution in [0, 0.1) is 13.8 Å². The molecule has 1 aromatic heterocycles. The second-order valence-electron chi connectivity index (χ2n) is 4.25. The molecule has 1 amide bonds. The number of carbonyl (C=O) groups excluding carboxylic acids is 1. The first-order valence-corrected chi connectivity index (χ1v) is 6.41. The number of aromatic amines is 1. The molecule has 4 nitrogen and oxygen atoms in total. The monoisotopic (exact) mass is 307 g/mol. The van der Waals surface area contributed by atoms with Gasteiger partial charge in [-0.3, -0.25) is 9.89 Å². The van der Waals surface area contributed by atoms with Crippen molar-refractivity contribution in [2.24, 2.45) is 0 Å². The molecule has 0 spiro atoms. The van der Waals surface area contributed by atoms with E-state index < -0.39 is 0 Å². The molecule has 18 heavy (non-hydrogen) atoms. The van der Waals surface area contributed by atoms with E-state index in [0.717, 1.165) is 27.1 Å². The number of benzene rings is 1. The summed E-state index contributed by atoms with van der Waals surface area (Å²) in [6.07, 6.45) is 0.269. The van der Waals surface area contributed by atoms with Gasteiger partial charge in [-0.2, -0.15) is 5.10 Å². The number of nitrogens with one attached hydrogen (secondary N) is 2. The van der Waals surface area contributed by atoms with Crippen molar-refractivity contribution in [3.05, 3.63) is 45.7 Å². The predicted octanol–water partition coefficient (Wildman–Crippen LogP) is 2.97. The van der Waals surface area contributed by atoms with Gasteiger partial charge in [-0.1, -0.05) is 6.07 Å². The Labute approximate surface area is 114 Å². The van der Waals surface area contributed by atoms with Gasteiger partial charge in [0, 0.05) is 10.2 Å². The number of amides is 1. The molecule has 0 atom stereocenters. The van der Waals surface area contributed by atoms with Crippen molar-refractivity contribution in [1.29, 1.82) is 0 Å². The van der Waals surface area contributed by atoms with E-state index in [2.05, 4.69) is 31.4 Å². The molecule has 0 saturated carbocycles. The Balaban J connectivity index is 2.03. The SMILES string of the molecule is Cc1ccc(NC(=O)Cc2cc(C)[nH]n2)c(Br)c1. The summed E-state index contributed by atoms with van der Waals surface area (Å²) in [4.78, 5) is 11.8. The third kappa shape index (κ3) is 3.20. The van der Waals surface area contributed by atoms with E-state index in [1.54, 1.807) is 0 Å². The van der Waals surface area contributed by atoms with Crippen molar-refractivity contribution in [1.82, 2.24) is 10.2 Å². The fraction of sp³-hybridized carbons (Fsp3) is 0.231. The molecule has 0 saturated heterocycles. The van der Waals surface area contributed by atoms with E-state index in [9.17, 15) is 4.79 Å². The highest BCUT2D eigenvalue weighted by molar-refractivity contribution is 9.10. The molecule has 0 aliphatic rings. The number of aromatic nitrogens is 2. The van der Waals surface area contributed by atoms with Crippen molar-refractivity contribution in [2.75, 3.05) is 5.32 Å². The standard InChI is InChI=1S/C13H14BrN3O/c1-8-3-4-12(11(14)5-8)15-13(18)7-10-6-9(2)16-17-10/h3-6H,7H2,1-2H3,(H,15,18)(H,16,17). The number of rotatable bonds is 3. The van der Waals surface area contributed by atoms with Crippen LogP contribution >= 0.6 is 15.9 Å². The van der Waals surface area contributed by atoms with Gasteiger partial charge < -0.3 is 5.32 Å². The highest BCUT2D eigenvalue weighted by Crippen LogP contribution is 2.23. The molecule has 5 heteroatoms. The third-order valence-corrected chi connectivity index (χ3v) is 3.16. The Morgan fingerprint density at radius 1 is 1.39 bits per heavy atom. The highest BCUT2D eigenvalue weighted by atomic mass is 79.9. The lowest BCUT2D eigenvalue weighted by atomic mass is 10.2. The number of carbonyl (C=O) groups is 1. The molecule has 94 valence electrons. The molecule has 0 aliphatic carbocycles. The zero-order chi connectivity index (χ0) is 13.1. The topological polar surface area (TPSA) is 57.8 Å². The van der Waals surface area contributed by atoms with Gasteiger partial charge in [-0.05, 0) is 53.5 Å². The average molecular weight is 308 g/mol. The normalized spacial score (nSPS) is 10.4. The van der Waals surface area contributed by atoms with Crippen molar-refractivity contribution in [2.45, 2.75) is 20.3 Å². The third-order valence-electron chi connectivity index (χ3n) is 2.50. The van der Waals surface area contributed by atoms with Gasteiger partial charge in [0.25, 0.3) is 0 Å². The second kappa shape index (κ2) is 5.35. The Hall–Kier alpha value is -1.62. The van der Waals surface area contributed by atoms with Gasteiger partial charge in [-0.15, -0.1) is 0 Å². The molecule has 0 unspecified atom stereocenters. The van der Waals surface area contributed by atoms with Crippen molar-refractivity contribution < 1.29 is 4.79 Å². The fourth-order valence-corrected chi connectivity index (χ4v) is 2.24. The van der Waals surface area contributed by atoms with Crippen molar-refractivity contribution in [3.63, 3.8) is 0 Å². The first-order chi connectivity index (χ1) is 8.54. The first-order valence-electron chi connectivity index (χ1n) is 5.61. The molecule has 0 fully saturated rings. The molecule has 2 aromatic rings. The Morgan fingerprint density at radius 3 is 2.78 bits per heavy atom. The van der Waals surface area contributed by atoms with Crippen LogP contribution < -0.4 is 5.32 Å². The Bertz CT molecular complexity index is 577. The van der Waals surface area contributed by atoms with E-state index in [0.29, 0.717) is 0 Å². The molecule has 0 radical (unpaired) electrons. The van der Waals surface area contributed by atoms with Gasteiger partial charge in [0.2, 0.25) is 5.91 Å². The quantitative estimate of drug-likeness (QED) is 0.916. The lowest BCUT2D eigenvalue weighted by Crippen LogP contribution is -2.15. The molecule has 2 rings (SSSR count). The first kappa shape index (κ1) is 12.8. The van der Waals surface area contributed by atoms with Crippen LogP contribution in [0.2, 0.25) is 0 Å². The second-order valence-corrected chi connectivity index (χ2v) is 5.10. The number of H-pyrrole nitrogens is 1. The lowest BCUT2D eigenvalue weighted by molar-refractivity contribution is -0.115. The Morgan fingerprint density at radius 2 is 2.17 bits per heavy atom. The lowest BCUT2D eigenvalue weighted by Gasteiger charge is -2.07. The van der Waals surface area contributed by atoms with Crippen LogP contribution in [-0.2, 0) is 11.2 Å². The molecular formula is C13H14BrN3O. The maximum Gasteiger partial charge on any atom is 0.230 e. The minimum Gasteiger partial charge on any atom is -0.325 e. The maximum absolute atomic E-state index is 11.8. The van der Waals surface area contributed by atoms with Gasteiger partial charge in [0.15, 0.2) is 0 Å². The summed E-state index contributed by atoms with van der Waals surface area (Å²) in [5.74, 6) is -0.0777. The zero-order valence-corrected chi connectivity index (χ0v) is 11.8. The summed E-state index contributed by atoms with van der Waals surface area (Å²) in [7, 11) is 0. The van der Waals surface area contributed by atoms with Crippen LogP contribution in [0.15, 0.2) is 28.7 Å². The van der Waals surface area contributed by atoms with Crippen LogP contribution in [0.4, 0.5) is 5.69 Å². The molecule has 1 aromatic carbocycles. The zero-order valence-electron chi connectivity index (χ0n) is 10.2. The number of anilines is 1. The molecule has 2 N–H and O–H groups in total. The summed E-state index contributed by atoms with van der Waals surface area (Å²) in [6.45, 7) is 3.91. The number of hydrogen-bond donors (Lipinski definition) is 2. The summed E-state index contributed by atoms with van der Waals surface area (Å²) in [6, 6.07) is 7.67. The van der Waals surface area contributed by atoms with E-state index in [1.165, 1.54) is 0 Å².